The molecule has 0 aliphatic rings. The maximum atomic E-state index is 11.4. The second-order valence-electron chi connectivity index (χ2n) is 8.16. The fraction of sp³-hybridized carbons (Fsp3) is 0.500. The van der Waals surface area contributed by atoms with E-state index in [1.807, 2.05) is 13.0 Å². The number of hydrogen-bond donors (Lipinski definition) is 1. The Kier molecular flexibility index (Phi) is 4.91. The molecule has 1 heterocycles. The maximum Gasteiger partial charge on any atom is 0.278 e. The molecule has 24 heavy (non-hydrogen) atoms. The molecule has 130 valence electrons. The van der Waals surface area contributed by atoms with E-state index < -0.39 is 0 Å². The van der Waals surface area contributed by atoms with Crippen molar-refractivity contribution >= 4 is 38.2 Å². The molecular weight excluding hydrogens is 370 g/mol. The Morgan fingerprint density at radius 3 is 2.42 bits per heavy atom. The third-order valence-electron chi connectivity index (χ3n) is 3.69. The standard InChI is InChI=1S/C18H24BrN3O2/c1-11-7-12-15(14(8-11)22(23)24)13(19)9-20-16(12)21-18(5,6)10-17(2,3)4/h7-9H,10H2,1-6H3,(H,20,21). The Morgan fingerprint density at radius 1 is 1.25 bits per heavy atom. The van der Waals surface area contributed by atoms with Crippen molar-refractivity contribution in [1.82, 2.24) is 4.98 Å². The number of aromatic nitrogens is 1. The van der Waals surface area contributed by atoms with Crippen LogP contribution in [0.15, 0.2) is 22.8 Å². The van der Waals surface area contributed by atoms with Crippen LogP contribution in [0.1, 0.15) is 46.6 Å². The number of aryl methyl sites for hydroxylation is 1. The molecular formula is C18H24BrN3O2. The number of nitro groups is 1. The average molecular weight is 394 g/mol. The van der Waals surface area contributed by atoms with Crippen molar-refractivity contribution in [3.05, 3.63) is 38.5 Å². The molecule has 0 bridgehead atoms. The molecule has 0 aliphatic carbocycles. The molecule has 0 unspecified atom stereocenters. The van der Waals surface area contributed by atoms with Crippen LogP contribution in [0.25, 0.3) is 10.8 Å². The maximum absolute atomic E-state index is 11.4. The highest BCUT2D eigenvalue weighted by atomic mass is 79.9. The number of fused-ring (bicyclic) bond motifs is 1. The minimum Gasteiger partial charge on any atom is -0.365 e. The summed E-state index contributed by atoms with van der Waals surface area (Å²) in [5, 5.41) is 16.3. The van der Waals surface area contributed by atoms with Gasteiger partial charge in [-0.1, -0.05) is 20.8 Å². The van der Waals surface area contributed by atoms with E-state index in [1.165, 1.54) is 0 Å². The molecule has 0 atom stereocenters. The zero-order valence-electron chi connectivity index (χ0n) is 15.0. The van der Waals surface area contributed by atoms with Crippen molar-refractivity contribution in [1.29, 1.82) is 0 Å². The van der Waals surface area contributed by atoms with E-state index in [4.69, 9.17) is 0 Å². The molecule has 0 aliphatic heterocycles. The van der Waals surface area contributed by atoms with Gasteiger partial charge in [0, 0.05) is 23.2 Å². The molecule has 6 heteroatoms. The molecule has 2 rings (SSSR count). The number of benzene rings is 1. The molecule has 0 radical (unpaired) electrons. The van der Waals surface area contributed by atoms with Crippen LogP contribution in [-0.2, 0) is 0 Å². The van der Waals surface area contributed by atoms with Gasteiger partial charge in [0.25, 0.3) is 5.69 Å². The third-order valence-corrected chi connectivity index (χ3v) is 4.29. The summed E-state index contributed by atoms with van der Waals surface area (Å²) in [6.45, 7) is 12.7. The van der Waals surface area contributed by atoms with Gasteiger partial charge in [-0.3, -0.25) is 10.1 Å². The highest BCUT2D eigenvalue weighted by Gasteiger charge is 2.27. The number of anilines is 1. The van der Waals surface area contributed by atoms with Crippen molar-refractivity contribution < 1.29 is 4.92 Å². The Balaban J connectivity index is 2.61. The summed E-state index contributed by atoms with van der Waals surface area (Å²) in [6.07, 6.45) is 2.56. The zero-order chi connectivity index (χ0) is 18.3. The predicted octanol–water partition coefficient (Wildman–Crippen LogP) is 5.84. The van der Waals surface area contributed by atoms with Gasteiger partial charge in [0.15, 0.2) is 0 Å². The third kappa shape index (κ3) is 4.23. The van der Waals surface area contributed by atoms with Gasteiger partial charge in [0.05, 0.1) is 14.8 Å². The van der Waals surface area contributed by atoms with Crippen molar-refractivity contribution in [2.75, 3.05) is 5.32 Å². The molecule has 0 amide bonds. The van der Waals surface area contributed by atoms with Crippen LogP contribution in [0, 0.1) is 22.5 Å². The lowest BCUT2D eigenvalue weighted by atomic mass is 9.82. The molecule has 0 saturated heterocycles. The smallest absolute Gasteiger partial charge is 0.278 e. The lowest BCUT2D eigenvalue weighted by molar-refractivity contribution is -0.383. The summed E-state index contributed by atoms with van der Waals surface area (Å²) in [6, 6.07) is 3.53. The summed E-state index contributed by atoms with van der Waals surface area (Å²) in [5.41, 5.74) is 0.899. The second kappa shape index (κ2) is 6.31. The summed E-state index contributed by atoms with van der Waals surface area (Å²) < 4.78 is 0.628. The van der Waals surface area contributed by atoms with Gasteiger partial charge < -0.3 is 5.32 Å². The number of halogens is 1. The van der Waals surface area contributed by atoms with E-state index >= 15 is 0 Å². The van der Waals surface area contributed by atoms with Gasteiger partial charge in [-0.15, -0.1) is 0 Å². The van der Waals surface area contributed by atoms with Gasteiger partial charge >= 0.3 is 0 Å². The molecule has 5 nitrogen and oxygen atoms in total. The first-order valence-electron chi connectivity index (χ1n) is 7.91. The number of nitrogens with one attached hydrogen (secondary N) is 1. The van der Waals surface area contributed by atoms with Crippen molar-refractivity contribution in [3.8, 4) is 0 Å². The van der Waals surface area contributed by atoms with E-state index in [9.17, 15) is 10.1 Å². The normalized spacial score (nSPS) is 12.5. The van der Waals surface area contributed by atoms with Crippen LogP contribution in [-0.4, -0.2) is 15.4 Å². The minimum absolute atomic E-state index is 0.0935. The van der Waals surface area contributed by atoms with E-state index in [0.29, 0.717) is 15.7 Å². The summed E-state index contributed by atoms with van der Waals surface area (Å²) >= 11 is 3.41. The quantitative estimate of drug-likeness (QED) is 0.523. The summed E-state index contributed by atoms with van der Waals surface area (Å²) in [5.74, 6) is 0.675. The first kappa shape index (κ1) is 18.6. The largest absolute Gasteiger partial charge is 0.365 e. The number of nitrogens with zero attached hydrogens (tertiary/aromatic N) is 2. The number of non-ortho nitro benzene ring substituents is 1. The van der Waals surface area contributed by atoms with E-state index in [1.54, 1.807) is 12.3 Å². The minimum atomic E-state index is -0.343. The van der Waals surface area contributed by atoms with E-state index in [-0.39, 0.29) is 21.6 Å². The summed E-state index contributed by atoms with van der Waals surface area (Å²) in [7, 11) is 0. The van der Waals surface area contributed by atoms with Crippen molar-refractivity contribution in [3.63, 3.8) is 0 Å². The molecule has 0 spiro atoms. The van der Waals surface area contributed by atoms with Crippen molar-refractivity contribution in [2.24, 2.45) is 5.41 Å². The van der Waals surface area contributed by atoms with Gasteiger partial charge in [-0.05, 0) is 60.2 Å². The molecule has 0 saturated carbocycles. The Labute approximate surface area is 151 Å². The van der Waals surface area contributed by atoms with Crippen LogP contribution in [0.5, 0.6) is 0 Å². The van der Waals surface area contributed by atoms with Crippen LogP contribution in [0.2, 0.25) is 0 Å². The summed E-state index contributed by atoms with van der Waals surface area (Å²) in [4.78, 5) is 15.6. The molecule has 2 aromatic rings. The molecule has 1 aromatic heterocycles. The highest BCUT2D eigenvalue weighted by molar-refractivity contribution is 9.10. The molecule has 1 N–H and O–H groups in total. The molecule has 1 aromatic carbocycles. The second-order valence-corrected chi connectivity index (χ2v) is 9.02. The number of nitro benzene ring substituents is 1. The SMILES string of the molecule is Cc1cc([N+](=O)[O-])c2c(Br)cnc(NC(C)(C)CC(C)(C)C)c2c1. The van der Waals surface area contributed by atoms with Gasteiger partial charge in [-0.2, -0.15) is 0 Å². The fourth-order valence-electron chi connectivity index (χ4n) is 3.39. The van der Waals surface area contributed by atoms with Crippen LogP contribution in [0.4, 0.5) is 11.5 Å². The topological polar surface area (TPSA) is 68.1 Å². The first-order chi connectivity index (χ1) is 10.9. The molecule has 0 fully saturated rings. The Morgan fingerprint density at radius 2 is 1.88 bits per heavy atom. The van der Waals surface area contributed by atoms with E-state index in [0.717, 1.165) is 17.4 Å². The van der Waals surface area contributed by atoms with Crippen LogP contribution in [0.3, 0.4) is 0 Å². The Bertz CT molecular complexity index is 795. The zero-order valence-corrected chi connectivity index (χ0v) is 16.6. The highest BCUT2D eigenvalue weighted by Crippen LogP contribution is 2.38. The lowest BCUT2D eigenvalue weighted by Crippen LogP contribution is -2.35. The number of hydrogen-bond acceptors (Lipinski definition) is 4. The van der Waals surface area contributed by atoms with Gasteiger partial charge in [-0.25, -0.2) is 4.98 Å². The number of pyridine rings is 1. The van der Waals surface area contributed by atoms with Gasteiger partial charge in [0.1, 0.15) is 5.82 Å². The monoisotopic (exact) mass is 393 g/mol. The van der Waals surface area contributed by atoms with E-state index in [2.05, 4.69) is 60.8 Å². The average Bonchev–Trinajstić information content (AvgIpc) is 2.38. The number of rotatable bonds is 4. The Hall–Kier alpha value is -1.69. The lowest BCUT2D eigenvalue weighted by Gasteiger charge is -2.34. The first-order valence-corrected chi connectivity index (χ1v) is 8.70. The van der Waals surface area contributed by atoms with Crippen molar-refractivity contribution in [2.45, 2.75) is 53.5 Å². The fourth-order valence-corrected chi connectivity index (χ4v) is 3.91. The van der Waals surface area contributed by atoms with Gasteiger partial charge in [0.2, 0.25) is 0 Å². The van der Waals surface area contributed by atoms with Crippen LogP contribution < -0.4 is 5.32 Å². The predicted molar refractivity (Wildman–Crippen MR) is 103 cm³/mol. The van der Waals surface area contributed by atoms with Crippen LogP contribution >= 0.6 is 15.9 Å².